The van der Waals surface area contributed by atoms with Crippen LogP contribution in [0, 0.1) is 0 Å². The van der Waals surface area contributed by atoms with Gasteiger partial charge in [0.05, 0.1) is 6.10 Å². The van der Waals surface area contributed by atoms with Crippen molar-refractivity contribution in [1.82, 2.24) is 4.98 Å². The topological polar surface area (TPSA) is 59.1 Å². The molecule has 1 heterocycles. The van der Waals surface area contributed by atoms with Gasteiger partial charge in [-0.25, -0.2) is 0 Å². The van der Waals surface area contributed by atoms with E-state index in [0.717, 1.165) is 16.3 Å². The lowest BCUT2D eigenvalue weighted by atomic mass is 10.0. The highest BCUT2D eigenvalue weighted by Crippen LogP contribution is 2.28. The van der Waals surface area contributed by atoms with Crippen LogP contribution in [-0.2, 0) is 0 Å². The van der Waals surface area contributed by atoms with Crippen molar-refractivity contribution in [3.8, 4) is 0 Å². The van der Waals surface area contributed by atoms with Crippen molar-refractivity contribution >= 4 is 16.5 Å². The number of pyridine rings is 1. The number of hydrogen-bond acceptors (Lipinski definition) is 3. The lowest BCUT2D eigenvalue weighted by Crippen LogP contribution is -1.99. The van der Waals surface area contributed by atoms with E-state index in [2.05, 4.69) is 4.98 Å². The number of hydrogen-bond donors (Lipinski definition) is 2. The molecule has 1 aromatic heterocycles. The molecule has 0 radical (unpaired) electrons. The van der Waals surface area contributed by atoms with Gasteiger partial charge in [0, 0.05) is 29.0 Å². The van der Waals surface area contributed by atoms with Gasteiger partial charge in [-0.2, -0.15) is 0 Å². The van der Waals surface area contributed by atoms with Gasteiger partial charge in [0.1, 0.15) is 0 Å². The lowest BCUT2D eigenvalue weighted by molar-refractivity contribution is 0.201. The zero-order chi connectivity index (χ0) is 12.1. The molecule has 0 spiro atoms. The van der Waals surface area contributed by atoms with Crippen LogP contribution in [0.2, 0.25) is 0 Å². The number of anilines is 1. The molecular formula is C13H18N2O. The fourth-order valence-corrected chi connectivity index (χ4v) is 1.68. The van der Waals surface area contributed by atoms with Crippen molar-refractivity contribution in [2.24, 2.45) is 0 Å². The SMILES string of the molecule is CC.CC(O)c1c(N)ccc2cnccc12. The summed E-state index contributed by atoms with van der Waals surface area (Å²) in [5.74, 6) is 0. The molecule has 0 fully saturated rings. The number of rotatable bonds is 1. The van der Waals surface area contributed by atoms with Gasteiger partial charge >= 0.3 is 0 Å². The fourth-order valence-electron chi connectivity index (χ4n) is 1.68. The first-order valence-corrected chi connectivity index (χ1v) is 5.50. The summed E-state index contributed by atoms with van der Waals surface area (Å²) in [5, 5.41) is 11.6. The first-order valence-electron chi connectivity index (χ1n) is 5.50. The molecule has 0 aliphatic heterocycles. The van der Waals surface area contributed by atoms with Crippen LogP contribution in [0.3, 0.4) is 0 Å². The summed E-state index contributed by atoms with van der Waals surface area (Å²) < 4.78 is 0. The van der Waals surface area contributed by atoms with Crippen LogP contribution in [0.25, 0.3) is 10.8 Å². The third-order valence-corrected chi connectivity index (χ3v) is 2.31. The minimum Gasteiger partial charge on any atom is -0.398 e. The van der Waals surface area contributed by atoms with E-state index in [9.17, 15) is 5.11 Å². The van der Waals surface area contributed by atoms with Crippen molar-refractivity contribution in [2.45, 2.75) is 26.9 Å². The Balaban J connectivity index is 0.000000606. The number of benzene rings is 1. The number of nitrogen functional groups attached to an aromatic ring is 1. The predicted molar refractivity (Wildman–Crippen MR) is 68.1 cm³/mol. The van der Waals surface area contributed by atoms with Crippen molar-refractivity contribution in [3.05, 3.63) is 36.2 Å². The predicted octanol–water partition coefficient (Wildman–Crippen LogP) is 2.90. The van der Waals surface area contributed by atoms with E-state index < -0.39 is 6.10 Å². The Hall–Kier alpha value is -1.61. The summed E-state index contributed by atoms with van der Waals surface area (Å²) >= 11 is 0. The summed E-state index contributed by atoms with van der Waals surface area (Å²) in [5.41, 5.74) is 7.21. The number of aliphatic hydroxyl groups excluding tert-OH is 1. The minimum absolute atomic E-state index is 0.555. The summed E-state index contributed by atoms with van der Waals surface area (Å²) in [6.45, 7) is 5.71. The van der Waals surface area contributed by atoms with Crippen LogP contribution in [-0.4, -0.2) is 10.1 Å². The molecule has 0 saturated carbocycles. The number of aliphatic hydroxyl groups is 1. The molecule has 86 valence electrons. The maximum absolute atomic E-state index is 9.60. The Morgan fingerprint density at radius 1 is 1.25 bits per heavy atom. The van der Waals surface area contributed by atoms with Crippen LogP contribution < -0.4 is 5.73 Å². The summed E-state index contributed by atoms with van der Waals surface area (Å²) in [6.07, 6.45) is 2.91. The highest BCUT2D eigenvalue weighted by Gasteiger charge is 2.09. The van der Waals surface area contributed by atoms with Crippen LogP contribution in [0.1, 0.15) is 32.4 Å². The Morgan fingerprint density at radius 3 is 2.56 bits per heavy atom. The standard InChI is InChI=1S/C11H12N2O.C2H6/c1-7(14)11-9-4-5-13-6-8(9)2-3-10(11)12;1-2/h2-7,14H,12H2,1H3;1-2H3. The van der Waals surface area contributed by atoms with Gasteiger partial charge in [-0.15, -0.1) is 0 Å². The second kappa shape index (κ2) is 5.47. The smallest absolute Gasteiger partial charge is 0.0787 e. The highest BCUT2D eigenvalue weighted by molar-refractivity contribution is 5.89. The van der Waals surface area contributed by atoms with Crippen LogP contribution in [0.4, 0.5) is 5.69 Å². The van der Waals surface area contributed by atoms with Gasteiger partial charge in [0.2, 0.25) is 0 Å². The zero-order valence-electron chi connectivity index (χ0n) is 9.94. The second-order valence-electron chi connectivity index (χ2n) is 3.34. The maximum atomic E-state index is 9.60. The number of fused-ring (bicyclic) bond motifs is 1. The second-order valence-corrected chi connectivity index (χ2v) is 3.34. The van der Waals surface area contributed by atoms with Gasteiger partial charge in [-0.3, -0.25) is 4.98 Å². The quantitative estimate of drug-likeness (QED) is 0.723. The van der Waals surface area contributed by atoms with E-state index in [1.165, 1.54) is 0 Å². The average Bonchev–Trinajstić information content (AvgIpc) is 2.31. The van der Waals surface area contributed by atoms with Gasteiger partial charge in [-0.05, 0) is 24.4 Å². The Morgan fingerprint density at radius 2 is 1.94 bits per heavy atom. The lowest BCUT2D eigenvalue weighted by Gasteiger charge is -2.11. The van der Waals surface area contributed by atoms with Gasteiger partial charge in [0.25, 0.3) is 0 Å². The van der Waals surface area contributed by atoms with E-state index in [0.29, 0.717) is 5.69 Å². The summed E-state index contributed by atoms with van der Waals surface area (Å²) in [7, 11) is 0. The first-order chi connectivity index (χ1) is 7.70. The van der Waals surface area contributed by atoms with Gasteiger partial charge in [0.15, 0.2) is 0 Å². The van der Waals surface area contributed by atoms with Gasteiger partial charge < -0.3 is 10.8 Å². The molecule has 3 heteroatoms. The molecule has 3 N–H and O–H groups in total. The van der Waals surface area contributed by atoms with Crippen molar-refractivity contribution < 1.29 is 5.11 Å². The van der Waals surface area contributed by atoms with Gasteiger partial charge in [-0.1, -0.05) is 19.9 Å². The molecule has 0 saturated heterocycles. The molecule has 3 nitrogen and oxygen atoms in total. The fraction of sp³-hybridized carbons (Fsp3) is 0.308. The van der Waals surface area contributed by atoms with E-state index in [-0.39, 0.29) is 0 Å². The molecule has 0 aliphatic carbocycles. The molecule has 1 aromatic carbocycles. The normalized spacial score (nSPS) is 11.8. The summed E-state index contributed by atoms with van der Waals surface area (Å²) in [4.78, 5) is 4.02. The molecule has 0 amide bonds. The Labute approximate surface area is 95.9 Å². The van der Waals surface area contributed by atoms with Crippen molar-refractivity contribution in [2.75, 3.05) is 5.73 Å². The Kier molecular flexibility index (Phi) is 4.26. The maximum Gasteiger partial charge on any atom is 0.0787 e. The van der Waals surface area contributed by atoms with E-state index >= 15 is 0 Å². The first kappa shape index (κ1) is 12.5. The zero-order valence-corrected chi connectivity index (χ0v) is 9.94. The average molecular weight is 218 g/mol. The van der Waals surface area contributed by atoms with Crippen LogP contribution in [0.5, 0.6) is 0 Å². The largest absolute Gasteiger partial charge is 0.398 e. The van der Waals surface area contributed by atoms with Crippen LogP contribution >= 0.6 is 0 Å². The highest BCUT2D eigenvalue weighted by atomic mass is 16.3. The molecule has 16 heavy (non-hydrogen) atoms. The monoisotopic (exact) mass is 218 g/mol. The third-order valence-electron chi connectivity index (χ3n) is 2.31. The molecule has 1 atom stereocenters. The third kappa shape index (κ3) is 2.31. The summed E-state index contributed by atoms with van der Waals surface area (Å²) in [6, 6.07) is 5.57. The van der Waals surface area contributed by atoms with E-state index in [1.807, 2.05) is 26.0 Å². The Bertz CT molecular complexity index is 466. The minimum atomic E-state index is -0.555. The van der Waals surface area contributed by atoms with Crippen LogP contribution in [0.15, 0.2) is 30.6 Å². The van der Waals surface area contributed by atoms with Crippen molar-refractivity contribution in [3.63, 3.8) is 0 Å². The molecule has 2 aromatic rings. The molecule has 0 aliphatic rings. The van der Waals surface area contributed by atoms with E-state index in [1.54, 1.807) is 25.4 Å². The number of nitrogens with zero attached hydrogens (tertiary/aromatic N) is 1. The molecule has 1 unspecified atom stereocenters. The number of nitrogens with two attached hydrogens (primary N) is 1. The molecule has 2 rings (SSSR count). The molecular weight excluding hydrogens is 200 g/mol. The number of aromatic nitrogens is 1. The van der Waals surface area contributed by atoms with E-state index in [4.69, 9.17) is 5.73 Å². The van der Waals surface area contributed by atoms with Crippen molar-refractivity contribution in [1.29, 1.82) is 0 Å². The molecule has 0 bridgehead atoms.